The third kappa shape index (κ3) is 2.15. The second kappa shape index (κ2) is 5.88. The van der Waals surface area contributed by atoms with E-state index < -0.39 is 11.3 Å². The van der Waals surface area contributed by atoms with Crippen LogP contribution < -0.4 is 5.56 Å². The molecule has 3 atom stereocenters. The van der Waals surface area contributed by atoms with E-state index in [1.165, 1.54) is 10.6 Å². The van der Waals surface area contributed by atoms with E-state index in [-0.39, 0.29) is 41.8 Å². The van der Waals surface area contributed by atoms with Crippen LogP contribution in [0.2, 0.25) is 0 Å². The van der Waals surface area contributed by atoms with Crippen molar-refractivity contribution >= 4 is 17.5 Å². The van der Waals surface area contributed by atoms with Crippen molar-refractivity contribution in [2.45, 2.75) is 44.5 Å². The van der Waals surface area contributed by atoms with Crippen LogP contribution in [0.15, 0.2) is 35.4 Å². The van der Waals surface area contributed by atoms with Gasteiger partial charge in [0, 0.05) is 25.4 Å². The van der Waals surface area contributed by atoms with Gasteiger partial charge in [-0.25, -0.2) is 4.98 Å². The molecule has 3 fully saturated rings. The van der Waals surface area contributed by atoms with Crippen molar-refractivity contribution in [1.29, 1.82) is 0 Å². The van der Waals surface area contributed by atoms with Crippen LogP contribution in [0.5, 0.6) is 0 Å². The number of pyridine rings is 1. The zero-order chi connectivity index (χ0) is 19.6. The molecule has 0 bridgehead atoms. The SMILES string of the molecule is CC(C)[C@@H]1CO[C@@]23CCN(C(=O)c4cnc5ccccn5c4=O)[C@@H]2CC(=O)N13. The van der Waals surface area contributed by atoms with Gasteiger partial charge in [0.05, 0.1) is 25.1 Å². The van der Waals surface area contributed by atoms with Crippen molar-refractivity contribution in [3.63, 3.8) is 0 Å². The topological polar surface area (TPSA) is 84.2 Å². The van der Waals surface area contributed by atoms with Gasteiger partial charge < -0.3 is 14.5 Å². The van der Waals surface area contributed by atoms with E-state index in [1.807, 2.05) is 4.90 Å². The lowest BCUT2D eigenvalue weighted by atomic mass is 10.0. The molecule has 0 unspecified atom stereocenters. The molecule has 5 rings (SSSR count). The molecule has 5 heterocycles. The predicted molar refractivity (Wildman–Crippen MR) is 99.7 cm³/mol. The smallest absolute Gasteiger partial charge is 0.270 e. The predicted octanol–water partition coefficient (Wildman–Crippen LogP) is 0.892. The quantitative estimate of drug-likeness (QED) is 0.770. The summed E-state index contributed by atoms with van der Waals surface area (Å²) in [5.74, 6) is -0.0860. The molecule has 2 amide bonds. The van der Waals surface area contributed by atoms with Gasteiger partial charge in [-0.15, -0.1) is 0 Å². The molecule has 1 spiro atoms. The fourth-order valence-corrected chi connectivity index (χ4v) is 4.94. The van der Waals surface area contributed by atoms with Gasteiger partial charge in [-0.1, -0.05) is 19.9 Å². The summed E-state index contributed by atoms with van der Waals surface area (Å²) in [7, 11) is 0. The maximum absolute atomic E-state index is 13.2. The van der Waals surface area contributed by atoms with Crippen LogP contribution in [-0.2, 0) is 9.53 Å². The van der Waals surface area contributed by atoms with Gasteiger partial charge in [0.1, 0.15) is 11.2 Å². The minimum atomic E-state index is -0.748. The molecule has 2 aromatic heterocycles. The van der Waals surface area contributed by atoms with E-state index in [0.29, 0.717) is 25.2 Å². The van der Waals surface area contributed by atoms with Crippen LogP contribution in [-0.4, -0.2) is 62.0 Å². The van der Waals surface area contributed by atoms with Crippen molar-refractivity contribution < 1.29 is 14.3 Å². The highest BCUT2D eigenvalue weighted by molar-refractivity contribution is 5.95. The number of nitrogens with zero attached hydrogens (tertiary/aromatic N) is 4. The second-order valence-corrected chi connectivity index (χ2v) is 8.11. The molecule has 3 aliphatic rings. The highest BCUT2D eigenvalue weighted by Crippen LogP contribution is 2.49. The van der Waals surface area contributed by atoms with E-state index in [4.69, 9.17) is 4.74 Å². The number of carbonyl (C=O) groups excluding carboxylic acids is 2. The summed E-state index contributed by atoms with van der Waals surface area (Å²) in [6, 6.07) is 4.88. The molecule has 0 N–H and O–H groups in total. The number of likely N-dealkylation sites (tertiary alicyclic amines) is 1. The van der Waals surface area contributed by atoms with Crippen LogP contribution >= 0.6 is 0 Å². The Hall–Kier alpha value is -2.74. The van der Waals surface area contributed by atoms with Crippen LogP contribution in [0.25, 0.3) is 5.65 Å². The van der Waals surface area contributed by atoms with E-state index in [2.05, 4.69) is 18.8 Å². The number of hydrogen-bond acceptors (Lipinski definition) is 5. The summed E-state index contributed by atoms with van der Waals surface area (Å²) in [5.41, 5.74) is -0.638. The molecule has 28 heavy (non-hydrogen) atoms. The van der Waals surface area contributed by atoms with Gasteiger partial charge in [0.25, 0.3) is 11.5 Å². The summed E-state index contributed by atoms with van der Waals surface area (Å²) in [4.78, 5) is 46.6. The van der Waals surface area contributed by atoms with Gasteiger partial charge in [-0.2, -0.15) is 0 Å². The molecule has 8 heteroatoms. The minimum absolute atomic E-state index is 0.0186. The van der Waals surface area contributed by atoms with Crippen LogP contribution in [0.1, 0.15) is 37.0 Å². The average Bonchev–Trinajstić information content (AvgIpc) is 3.31. The summed E-state index contributed by atoms with van der Waals surface area (Å²) >= 11 is 0. The summed E-state index contributed by atoms with van der Waals surface area (Å²) in [6.07, 6.45) is 3.74. The van der Waals surface area contributed by atoms with E-state index in [0.717, 1.165) is 0 Å². The average molecular weight is 382 g/mol. The van der Waals surface area contributed by atoms with Gasteiger partial charge in [-0.3, -0.25) is 18.8 Å². The van der Waals surface area contributed by atoms with Gasteiger partial charge in [0.15, 0.2) is 5.72 Å². The molecule has 0 aromatic carbocycles. The minimum Gasteiger partial charge on any atom is -0.351 e. The lowest BCUT2D eigenvalue weighted by Crippen LogP contribution is -2.51. The van der Waals surface area contributed by atoms with Crippen LogP contribution in [0.3, 0.4) is 0 Å². The Morgan fingerprint density at radius 3 is 2.93 bits per heavy atom. The zero-order valence-corrected chi connectivity index (χ0v) is 15.9. The fraction of sp³-hybridized carbons (Fsp3) is 0.500. The first kappa shape index (κ1) is 17.4. The lowest BCUT2D eigenvalue weighted by Gasteiger charge is -2.34. The first-order valence-electron chi connectivity index (χ1n) is 9.67. The largest absolute Gasteiger partial charge is 0.351 e. The normalized spacial score (nSPS) is 29.0. The molecule has 3 saturated heterocycles. The molecule has 8 nitrogen and oxygen atoms in total. The zero-order valence-electron chi connectivity index (χ0n) is 15.9. The second-order valence-electron chi connectivity index (χ2n) is 8.11. The third-order valence-electron chi connectivity index (χ3n) is 6.36. The number of aromatic nitrogens is 2. The number of amides is 2. The highest BCUT2D eigenvalue weighted by atomic mass is 16.5. The monoisotopic (exact) mass is 382 g/mol. The summed E-state index contributed by atoms with van der Waals surface area (Å²) in [6.45, 7) is 5.09. The highest BCUT2D eigenvalue weighted by Gasteiger charge is 2.65. The number of fused-ring (bicyclic) bond motifs is 1. The molecule has 0 saturated carbocycles. The summed E-state index contributed by atoms with van der Waals surface area (Å²) in [5, 5.41) is 0. The molecule has 3 aliphatic heterocycles. The van der Waals surface area contributed by atoms with Crippen LogP contribution in [0.4, 0.5) is 0 Å². The molecular formula is C20H22N4O4. The maximum atomic E-state index is 13.2. The standard InChI is InChI=1S/C20H22N4O4/c1-12(2)14-11-28-20-6-8-22(15(20)9-17(25)24(14)20)18(26)13-10-21-16-5-3-4-7-23(16)19(13)27/h3-5,7,10,12,14-15H,6,8-9,11H2,1-2H3/t14-,15+,20-/m0/s1. The van der Waals surface area contributed by atoms with Crippen molar-refractivity contribution in [3.8, 4) is 0 Å². The Morgan fingerprint density at radius 2 is 2.14 bits per heavy atom. The number of carbonyl (C=O) groups is 2. The first-order chi connectivity index (χ1) is 13.4. The Balaban J connectivity index is 1.51. The first-order valence-corrected chi connectivity index (χ1v) is 9.67. The molecule has 2 aromatic rings. The Kier molecular flexibility index (Phi) is 3.64. The van der Waals surface area contributed by atoms with Gasteiger partial charge in [0.2, 0.25) is 5.91 Å². The number of ether oxygens (including phenoxy) is 1. The number of rotatable bonds is 2. The Labute approximate surface area is 161 Å². The molecule has 146 valence electrons. The Bertz CT molecular complexity index is 1050. The van der Waals surface area contributed by atoms with E-state index in [1.54, 1.807) is 29.3 Å². The van der Waals surface area contributed by atoms with Crippen molar-refractivity contribution in [2.75, 3.05) is 13.2 Å². The summed E-state index contributed by atoms with van der Waals surface area (Å²) < 4.78 is 7.53. The van der Waals surface area contributed by atoms with Gasteiger partial charge >= 0.3 is 0 Å². The van der Waals surface area contributed by atoms with Crippen molar-refractivity contribution in [2.24, 2.45) is 5.92 Å². The third-order valence-corrected chi connectivity index (χ3v) is 6.36. The maximum Gasteiger partial charge on any atom is 0.270 e. The fourth-order valence-electron chi connectivity index (χ4n) is 4.94. The van der Waals surface area contributed by atoms with E-state index >= 15 is 0 Å². The molecular weight excluding hydrogens is 360 g/mol. The molecule has 0 aliphatic carbocycles. The lowest BCUT2D eigenvalue weighted by molar-refractivity contribution is -0.139. The van der Waals surface area contributed by atoms with Gasteiger partial charge in [-0.05, 0) is 18.1 Å². The van der Waals surface area contributed by atoms with E-state index in [9.17, 15) is 14.4 Å². The Morgan fingerprint density at radius 1 is 1.32 bits per heavy atom. The number of hydrogen-bond donors (Lipinski definition) is 0. The molecule has 0 radical (unpaired) electrons. The van der Waals surface area contributed by atoms with Crippen LogP contribution in [0, 0.1) is 5.92 Å². The van der Waals surface area contributed by atoms with Crippen molar-refractivity contribution in [3.05, 3.63) is 46.5 Å². The van der Waals surface area contributed by atoms with Crippen molar-refractivity contribution in [1.82, 2.24) is 19.2 Å².